The molecule has 1 aromatic carbocycles. The predicted molar refractivity (Wildman–Crippen MR) is 57.5 cm³/mol. The van der Waals surface area contributed by atoms with Gasteiger partial charge in [-0.1, -0.05) is 12.2 Å². The molecule has 0 bridgehead atoms. The average Bonchev–Trinajstić information content (AvgIpc) is 2.21. The lowest BCUT2D eigenvalue weighted by atomic mass is 10.1. The molecule has 0 saturated carbocycles. The second kappa shape index (κ2) is 5.16. The Kier molecular flexibility index (Phi) is 3.88. The molecule has 0 N–H and O–H groups in total. The van der Waals surface area contributed by atoms with Gasteiger partial charge in [-0.25, -0.2) is 4.39 Å². The zero-order valence-corrected chi connectivity index (χ0v) is 8.64. The Morgan fingerprint density at radius 3 is 2.75 bits per heavy atom. The van der Waals surface area contributed by atoms with Crippen LogP contribution in [-0.4, -0.2) is 11.2 Å². The maximum absolute atomic E-state index is 13.4. The number of benzene rings is 1. The number of hydrogen-bond donors (Lipinski definition) is 0. The van der Waals surface area contributed by atoms with Crippen LogP contribution in [0.25, 0.3) is 6.08 Å². The molecule has 0 amide bonds. The summed E-state index contributed by atoms with van der Waals surface area (Å²) >= 11 is 0. The summed E-state index contributed by atoms with van der Waals surface area (Å²) in [6, 6.07) is 2.27. The van der Waals surface area contributed by atoms with Gasteiger partial charge in [0.25, 0.3) is 5.69 Å². The number of nitro benzene ring substituents is 1. The summed E-state index contributed by atoms with van der Waals surface area (Å²) < 4.78 is 13.4. The third-order valence-electron chi connectivity index (χ3n) is 2.04. The van der Waals surface area contributed by atoms with Gasteiger partial charge < -0.3 is 4.79 Å². The van der Waals surface area contributed by atoms with Crippen LogP contribution in [0, 0.1) is 22.9 Å². The van der Waals surface area contributed by atoms with Crippen LogP contribution in [0.4, 0.5) is 10.1 Å². The van der Waals surface area contributed by atoms with E-state index in [4.69, 9.17) is 0 Å². The van der Waals surface area contributed by atoms with Gasteiger partial charge in [0.15, 0.2) is 0 Å². The van der Waals surface area contributed by atoms with E-state index in [0.29, 0.717) is 6.29 Å². The minimum Gasteiger partial charge on any atom is -0.303 e. The highest BCUT2D eigenvalue weighted by atomic mass is 19.1. The summed E-state index contributed by atoms with van der Waals surface area (Å²) in [6.07, 6.45) is 3.62. The van der Waals surface area contributed by atoms with Crippen molar-refractivity contribution in [2.45, 2.75) is 13.3 Å². The summed E-state index contributed by atoms with van der Waals surface area (Å²) in [5, 5.41) is 10.6. The highest BCUT2D eigenvalue weighted by Crippen LogP contribution is 2.23. The Morgan fingerprint density at radius 2 is 2.19 bits per heavy atom. The van der Waals surface area contributed by atoms with Crippen LogP contribution in [0.5, 0.6) is 0 Å². The standard InChI is InChI=1S/C11H10FNO3/c1-8-6-10(12)9(4-2-3-5-14)7-11(8)13(15)16/h2,4-7H,3H2,1H3. The number of allylic oxidation sites excluding steroid dienone is 1. The zero-order chi connectivity index (χ0) is 12.1. The van der Waals surface area contributed by atoms with Crippen molar-refractivity contribution in [3.05, 3.63) is 45.3 Å². The first-order chi connectivity index (χ1) is 7.56. The van der Waals surface area contributed by atoms with Crippen LogP contribution < -0.4 is 0 Å². The van der Waals surface area contributed by atoms with E-state index in [-0.39, 0.29) is 23.2 Å². The van der Waals surface area contributed by atoms with Crippen LogP contribution >= 0.6 is 0 Å². The van der Waals surface area contributed by atoms with Gasteiger partial charge in [0.05, 0.1) is 4.92 Å². The smallest absolute Gasteiger partial charge is 0.273 e. The molecule has 0 aliphatic carbocycles. The second-order valence-corrected chi connectivity index (χ2v) is 3.22. The molecule has 0 atom stereocenters. The number of nitrogens with zero attached hydrogens (tertiary/aromatic N) is 1. The van der Waals surface area contributed by atoms with Gasteiger partial charge in [-0.2, -0.15) is 0 Å². The number of carbonyl (C=O) groups is 1. The molecule has 0 unspecified atom stereocenters. The van der Waals surface area contributed by atoms with Gasteiger partial charge in [-0.05, 0) is 13.0 Å². The van der Waals surface area contributed by atoms with Gasteiger partial charge in [0.2, 0.25) is 0 Å². The summed E-state index contributed by atoms with van der Waals surface area (Å²) in [5.74, 6) is -0.537. The monoisotopic (exact) mass is 223 g/mol. The summed E-state index contributed by atoms with van der Waals surface area (Å²) in [4.78, 5) is 20.1. The average molecular weight is 223 g/mol. The largest absolute Gasteiger partial charge is 0.303 e. The van der Waals surface area contributed by atoms with Crippen molar-refractivity contribution in [3.8, 4) is 0 Å². The molecule has 0 saturated heterocycles. The topological polar surface area (TPSA) is 60.2 Å². The van der Waals surface area contributed by atoms with Crippen LogP contribution in [-0.2, 0) is 4.79 Å². The van der Waals surface area contributed by atoms with Gasteiger partial charge in [0.1, 0.15) is 12.1 Å². The highest BCUT2D eigenvalue weighted by Gasteiger charge is 2.13. The van der Waals surface area contributed by atoms with E-state index in [0.717, 1.165) is 12.1 Å². The summed E-state index contributed by atoms with van der Waals surface area (Å²) in [5.41, 5.74) is 0.251. The SMILES string of the molecule is Cc1cc(F)c(C=CCC=O)cc1[N+](=O)[O-]. The molecular formula is C11H10FNO3. The number of carbonyl (C=O) groups excluding carboxylic acids is 1. The predicted octanol–water partition coefficient (Wildman–Crippen LogP) is 2.64. The Hall–Kier alpha value is -2.04. The van der Waals surface area contributed by atoms with Crippen molar-refractivity contribution in [1.29, 1.82) is 0 Å². The number of halogens is 1. The van der Waals surface area contributed by atoms with Crippen LogP contribution in [0.1, 0.15) is 17.5 Å². The molecular weight excluding hydrogens is 213 g/mol. The first-order valence-corrected chi connectivity index (χ1v) is 4.61. The molecule has 0 aromatic heterocycles. The minimum atomic E-state index is -0.564. The van der Waals surface area contributed by atoms with Crippen molar-refractivity contribution < 1.29 is 14.1 Å². The number of nitro groups is 1. The molecule has 0 aliphatic heterocycles. The second-order valence-electron chi connectivity index (χ2n) is 3.22. The van der Waals surface area contributed by atoms with Crippen molar-refractivity contribution in [1.82, 2.24) is 0 Å². The molecule has 0 heterocycles. The Balaban J connectivity index is 3.14. The van der Waals surface area contributed by atoms with Gasteiger partial charge >= 0.3 is 0 Å². The lowest BCUT2D eigenvalue weighted by molar-refractivity contribution is -0.385. The third kappa shape index (κ3) is 2.73. The number of aldehydes is 1. The number of hydrogen-bond acceptors (Lipinski definition) is 3. The van der Waals surface area contributed by atoms with E-state index >= 15 is 0 Å². The number of aryl methyl sites for hydroxylation is 1. The third-order valence-corrected chi connectivity index (χ3v) is 2.04. The lowest BCUT2D eigenvalue weighted by Crippen LogP contribution is -1.94. The molecule has 1 aromatic rings. The van der Waals surface area contributed by atoms with Gasteiger partial charge in [-0.15, -0.1) is 0 Å². The van der Waals surface area contributed by atoms with E-state index in [2.05, 4.69) is 0 Å². The maximum Gasteiger partial charge on any atom is 0.273 e. The fraction of sp³-hybridized carbons (Fsp3) is 0.182. The van der Waals surface area contributed by atoms with Gasteiger partial charge in [-0.3, -0.25) is 10.1 Å². The van der Waals surface area contributed by atoms with E-state index < -0.39 is 10.7 Å². The molecule has 16 heavy (non-hydrogen) atoms. The molecule has 0 spiro atoms. The van der Waals surface area contributed by atoms with Crippen molar-refractivity contribution in [2.24, 2.45) is 0 Å². The molecule has 1 rings (SSSR count). The lowest BCUT2D eigenvalue weighted by Gasteiger charge is -2.00. The van der Waals surface area contributed by atoms with Crippen molar-refractivity contribution in [3.63, 3.8) is 0 Å². The van der Waals surface area contributed by atoms with Crippen LogP contribution in [0.15, 0.2) is 18.2 Å². The fourth-order valence-electron chi connectivity index (χ4n) is 1.25. The van der Waals surface area contributed by atoms with Crippen molar-refractivity contribution in [2.75, 3.05) is 0 Å². The van der Waals surface area contributed by atoms with E-state index in [1.54, 1.807) is 0 Å². The first kappa shape index (κ1) is 12.0. The van der Waals surface area contributed by atoms with E-state index in [1.165, 1.54) is 19.1 Å². The van der Waals surface area contributed by atoms with Crippen LogP contribution in [0.2, 0.25) is 0 Å². The molecule has 4 nitrogen and oxygen atoms in total. The fourth-order valence-corrected chi connectivity index (χ4v) is 1.25. The molecule has 84 valence electrons. The highest BCUT2D eigenvalue weighted by molar-refractivity contribution is 5.60. The molecule has 0 radical (unpaired) electrons. The van der Waals surface area contributed by atoms with E-state index in [1.807, 2.05) is 0 Å². The summed E-state index contributed by atoms with van der Waals surface area (Å²) in [7, 11) is 0. The first-order valence-electron chi connectivity index (χ1n) is 4.61. The molecule has 5 heteroatoms. The molecule has 0 fully saturated rings. The number of rotatable bonds is 4. The quantitative estimate of drug-likeness (QED) is 0.448. The van der Waals surface area contributed by atoms with Crippen molar-refractivity contribution >= 4 is 18.0 Å². The zero-order valence-electron chi connectivity index (χ0n) is 8.64. The Labute approximate surface area is 91.5 Å². The van der Waals surface area contributed by atoms with Crippen LogP contribution in [0.3, 0.4) is 0 Å². The van der Waals surface area contributed by atoms with Gasteiger partial charge in [0, 0.05) is 23.6 Å². The normalized spacial score (nSPS) is 10.6. The van der Waals surface area contributed by atoms with E-state index in [9.17, 15) is 19.3 Å². The maximum atomic E-state index is 13.4. The Bertz CT molecular complexity index is 455. The molecule has 0 aliphatic rings. The summed E-state index contributed by atoms with van der Waals surface area (Å²) in [6.45, 7) is 1.47. The minimum absolute atomic E-state index is 0.110. The Morgan fingerprint density at radius 1 is 1.50 bits per heavy atom.